The van der Waals surface area contributed by atoms with Gasteiger partial charge in [0, 0.05) is 18.2 Å². The van der Waals surface area contributed by atoms with Crippen LogP contribution in [0.5, 0.6) is 0 Å². The Morgan fingerprint density at radius 1 is 1.33 bits per heavy atom. The first kappa shape index (κ1) is 14.1. The number of dihydropyridines is 1. The predicted octanol–water partition coefficient (Wildman–Crippen LogP) is 2.85. The topological polar surface area (TPSA) is 41.5 Å². The van der Waals surface area contributed by atoms with Gasteiger partial charge in [0.1, 0.15) is 0 Å². The number of fused-ring (bicyclic) bond motifs is 2. The lowest BCUT2D eigenvalue weighted by Crippen LogP contribution is -2.45. The van der Waals surface area contributed by atoms with Crippen LogP contribution >= 0.6 is 0 Å². The molecule has 0 saturated heterocycles. The van der Waals surface area contributed by atoms with E-state index in [1.165, 1.54) is 6.08 Å². The van der Waals surface area contributed by atoms with Gasteiger partial charge in [-0.15, -0.1) is 0 Å². The molecule has 1 atom stereocenters. The van der Waals surface area contributed by atoms with E-state index in [2.05, 4.69) is 10.3 Å². The maximum Gasteiger partial charge on any atom is 0.416 e. The van der Waals surface area contributed by atoms with Crippen LogP contribution in [0.25, 0.3) is 0 Å². The lowest BCUT2D eigenvalue weighted by molar-refractivity contribution is -0.119. The van der Waals surface area contributed by atoms with Crippen molar-refractivity contribution in [3.63, 3.8) is 0 Å². The van der Waals surface area contributed by atoms with Gasteiger partial charge in [0.25, 0.3) is 0 Å². The molecule has 0 saturated carbocycles. The van der Waals surface area contributed by atoms with E-state index in [0.29, 0.717) is 18.9 Å². The second kappa shape index (κ2) is 4.32. The molecule has 3 aliphatic rings. The SMILES string of the molecule is CC1(C)CC=C2C=C3C(C(F)(F)F)=CC(=O)NC3CC2=N1. The third-order valence-corrected chi connectivity index (χ3v) is 3.88. The minimum Gasteiger partial charge on any atom is -0.345 e. The summed E-state index contributed by atoms with van der Waals surface area (Å²) < 4.78 is 39.3. The van der Waals surface area contributed by atoms with Gasteiger partial charge in [-0.05, 0) is 37.5 Å². The number of nitrogens with zero attached hydrogens (tertiary/aromatic N) is 1. The average molecular weight is 296 g/mol. The van der Waals surface area contributed by atoms with Crippen LogP contribution in [0.3, 0.4) is 0 Å². The molecule has 0 aromatic rings. The molecule has 6 heteroatoms. The summed E-state index contributed by atoms with van der Waals surface area (Å²) in [7, 11) is 0. The van der Waals surface area contributed by atoms with Gasteiger partial charge in [0.05, 0.1) is 17.2 Å². The second-order valence-corrected chi connectivity index (χ2v) is 6.16. The number of hydrogen-bond donors (Lipinski definition) is 1. The van der Waals surface area contributed by atoms with Crippen LogP contribution < -0.4 is 5.32 Å². The Morgan fingerprint density at radius 2 is 2.05 bits per heavy atom. The quantitative estimate of drug-likeness (QED) is 0.734. The number of amides is 1. The fourth-order valence-corrected chi connectivity index (χ4v) is 2.90. The number of nitrogens with one attached hydrogen (secondary N) is 1. The molecule has 1 aliphatic carbocycles. The smallest absolute Gasteiger partial charge is 0.345 e. The highest BCUT2D eigenvalue weighted by Gasteiger charge is 2.43. The van der Waals surface area contributed by atoms with Gasteiger partial charge in [-0.2, -0.15) is 13.2 Å². The first-order valence-corrected chi connectivity index (χ1v) is 6.76. The molecule has 0 fully saturated rings. The van der Waals surface area contributed by atoms with E-state index in [1.807, 2.05) is 19.9 Å². The van der Waals surface area contributed by atoms with Crippen molar-refractivity contribution in [1.82, 2.24) is 5.32 Å². The Balaban J connectivity index is 2.07. The Morgan fingerprint density at radius 3 is 2.71 bits per heavy atom. The number of alkyl halides is 3. The van der Waals surface area contributed by atoms with Gasteiger partial charge in [0.15, 0.2) is 0 Å². The van der Waals surface area contributed by atoms with E-state index in [4.69, 9.17) is 0 Å². The third-order valence-electron chi connectivity index (χ3n) is 3.88. The molecule has 3 nitrogen and oxygen atoms in total. The summed E-state index contributed by atoms with van der Waals surface area (Å²) in [6.45, 7) is 3.96. The van der Waals surface area contributed by atoms with Crippen molar-refractivity contribution in [1.29, 1.82) is 0 Å². The first-order valence-electron chi connectivity index (χ1n) is 6.76. The van der Waals surface area contributed by atoms with Crippen molar-refractivity contribution in [2.45, 2.75) is 44.4 Å². The molecule has 1 unspecified atom stereocenters. The molecule has 1 N–H and O–H groups in total. The van der Waals surface area contributed by atoms with Crippen LogP contribution in [0.1, 0.15) is 26.7 Å². The van der Waals surface area contributed by atoms with Gasteiger partial charge < -0.3 is 5.32 Å². The van der Waals surface area contributed by atoms with Gasteiger partial charge in [-0.25, -0.2) is 0 Å². The number of rotatable bonds is 0. The van der Waals surface area contributed by atoms with Crippen molar-refractivity contribution >= 4 is 11.6 Å². The largest absolute Gasteiger partial charge is 0.416 e. The summed E-state index contributed by atoms with van der Waals surface area (Å²) in [6, 6.07) is -0.649. The zero-order valence-corrected chi connectivity index (χ0v) is 11.7. The van der Waals surface area contributed by atoms with Crippen molar-refractivity contribution in [3.8, 4) is 0 Å². The Kier molecular flexibility index (Phi) is 2.90. The fourth-order valence-electron chi connectivity index (χ4n) is 2.90. The van der Waals surface area contributed by atoms with Crippen molar-refractivity contribution < 1.29 is 18.0 Å². The standard InChI is InChI=1S/C15H15F3N2O/c1-14(2)4-3-8-5-9-10(15(16,17)18)6-13(21)19-12(9)7-11(8)20-14/h3,5-6,12H,4,7H2,1-2H3,(H,19,21). The first-order chi connectivity index (χ1) is 9.66. The van der Waals surface area contributed by atoms with E-state index >= 15 is 0 Å². The zero-order valence-electron chi connectivity index (χ0n) is 11.7. The van der Waals surface area contributed by atoms with Crippen LogP contribution in [0.15, 0.2) is 39.9 Å². The fraction of sp³-hybridized carbons (Fsp3) is 0.467. The normalized spacial score (nSPS) is 27.5. The molecule has 112 valence electrons. The van der Waals surface area contributed by atoms with Crippen LogP contribution in [-0.4, -0.2) is 29.4 Å². The molecule has 0 aromatic carbocycles. The van der Waals surface area contributed by atoms with E-state index < -0.39 is 23.7 Å². The molecule has 0 bridgehead atoms. The summed E-state index contributed by atoms with van der Waals surface area (Å²) >= 11 is 0. The average Bonchev–Trinajstić information content (AvgIpc) is 2.33. The van der Waals surface area contributed by atoms with Crippen LogP contribution in [0, 0.1) is 0 Å². The highest BCUT2D eigenvalue weighted by molar-refractivity contribution is 6.07. The summed E-state index contributed by atoms with van der Waals surface area (Å²) in [6.07, 6.45) is 0.553. The monoisotopic (exact) mass is 296 g/mol. The Bertz CT molecular complexity index is 636. The van der Waals surface area contributed by atoms with Crippen LogP contribution in [0.2, 0.25) is 0 Å². The summed E-state index contributed by atoms with van der Waals surface area (Å²) in [5.41, 5.74) is 0.551. The molecule has 2 aliphatic heterocycles. The van der Waals surface area contributed by atoms with Crippen LogP contribution in [-0.2, 0) is 4.79 Å². The Hall–Kier alpha value is -1.85. The molecule has 0 radical (unpaired) electrons. The van der Waals surface area contributed by atoms with Crippen molar-refractivity contribution in [2.75, 3.05) is 0 Å². The molecular formula is C15H15F3N2O. The van der Waals surface area contributed by atoms with Gasteiger partial charge >= 0.3 is 6.18 Å². The van der Waals surface area contributed by atoms with E-state index in [1.54, 1.807) is 0 Å². The van der Waals surface area contributed by atoms with Gasteiger partial charge in [-0.1, -0.05) is 6.08 Å². The van der Waals surface area contributed by atoms with Crippen LogP contribution in [0.4, 0.5) is 13.2 Å². The van der Waals surface area contributed by atoms with Crippen molar-refractivity contribution in [2.24, 2.45) is 4.99 Å². The molecule has 2 heterocycles. The maximum atomic E-state index is 13.1. The van der Waals surface area contributed by atoms with E-state index in [9.17, 15) is 18.0 Å². The lowest BCUT2D eigenvalue weighted by Gasteiger charge is -2.35. The maximum absolute atomic E-state index is 13.1. The summed E-state index contributed by atoms with van der Waals surface area (Å²) in [4.78, 5) is 16.1. The molecule has 21 heavy (non-hydrogen) atoms. The highest BCUT2D eigenvalue weighted by atomic mass is 19.4. The number of halogens is 3. The van der Waals surface area contributed by atoms with Crippen molar-refractivity contribution in [3.05, 3.63) is 34.9 Å². The highest BCUT2D eigenvalue weighted by Crippen LogP contribution is 2.40. The van der Waals surface area contributed by atoms with Gasteiger partial charge in [-0.3, -0.25) is 9.79 Å². The molecule has 1 amide bonds. The van der Waals surface area contributed by atoms with Gasteiger partial charge in [0.2, 0.25) is 5.91 Å². The number of carbonyl (C=O) groups excluding carboxylic acids is 1. The Labute approximate surface area is 120 Å². The minimum atomic E-state index is -4.52. The number of aliphatic imine (C=N–C) groups is 1. The number of carbonyl (C=O) groups is 1. The minimum absolute atomic E-state index is 0.131. The lowest BCUT2D eigenvalue weighted by atomic mass is 9.80. The molecule has 0 spiro atoms. The third kappa shape index (κ3) is 2.54. The summed E-state index contributed by atoms with van der Waals surface area (Å²) in [5, 5.41) is 2.59. The van der Waals surface area contributed by atoms with E-state index in [0.717, 1.165) is 11.3 Å². The molecule has 3 rings (SSSR count). The van der Waals surface area contributed by atoms with E-state index in [-0.39, 0.29) is 11.1 Å². The zero-order chi connectivity index (χ0) is 15.4. The summed E-state index contributed by atoms with van der Waals surface area (Å²) in [5.74, 6) is -0.701. The number of hydrogen-bond acceptors (Lipinski definition) is 2. The number of allylic oxidation sites excluding steroid dienone is 2. The molecule has 0 aromatic heterocycles. The molecular weight excluding hydrogens is 281 g/mol. The predicted molar refractivity (Wildman–Crippen MR) is 73.0 cm³/mol. The second-order valence-electron chi connectivity index (χ2n) is 6.16.